The summed E-state index contributed by atoms with van der Waals surface area (Å²) in [4.78, 5) is 0. The number of hydrogen-bond acceptors (Lipinski definition) is 4. The molecule has 4 aromatic rings. The van der Waals surface area contributed by atoms with Crippen molar-refractivity contribution in [2.45, 2.75) is 0 Å². The number of rotatable bonds is 1. The Bertz CT molecular complexity index is 1030. The van der Waals surface area contributed by atoms with Gasteiger partial charge in [0, 0.05) is 16.0 Å². The van der Waals surface area contributed by atoms with E-state index in [9.17, 15) is 5.11 Å². The Balaban J connectivity index is 2.08. The second kappa shape index (κ2) is 4.87. The Morgan fingerprint density at radius 3 is 2.68 bits per heavy atom. The Kier molecular flexibility index (Phi) is 2.96. The zero-order valence-electron chi connectivity index (χ0n) is 11.4. The van der Waals surface area contributed by atoms with Crippen molar-refractivity contribution in [3.63, 3.8) is 0 Å². The van der Waals surface area contributed by atoms with E-state index in [4.69, 9.17) is 17.3 Å². The number of nitrogens with two attached hydrogens (primary N) is 1. The highest BCUT2D eigenvalue weighted by Gasteiger charge is 2.13. The van der Waals surface area contributed by atoms with Crippen LogP contribution in [-0.4, -0.2) is 9.48 Å². The van der Waals surface area contributed by atoms with E-state index in [1.807, 2.05) is 36.4 Å². The summed E-state index contributed by atoms with van der Waals surface area (Å²) in [5, 5.41) is 14.1. The van der Waals surface area contributed by atoms with Gasteiger partial charge in [0.25, 0.3) is 0 Å². The van der Waals surface area contributed by atoms with Gasteiger partial charge in [-0.1, -0.05) is 35.9 Å². The van der Waals surface area contributed by atoms with Crippen molar-refractivity contribution < 1.29 is 5.11 Å². The van der Waals surface area contributed by atoms with E-state index < -0.39 is 0 Å². The average Bonchev–Trinajstić information content (AvgIpc) is 2.86. The maximum atomic E-state index is 10.0. The number of aromatic nitrogens is 1. The number of fused-ring (bicyclic) bond motifs is 2. The number of nitrogens with zero attached hydrogens (tertiary/aromatic N) is 1. The standard InChI is InChI=1S/C17H11ClN2OS/c18-15-7-14-16(20-22-17(14)19)8-13(15)12-6-10(21)5-9-3-1-2-4-11(9)12/h1-8,21H,19H2. The lowest BCUT2D eigenvalue weighted by Crippen LogP contribution is -1.85. The van der Waals surface area contributed by atoms with Gasteiger partial charge in [0.2, 0.25) is 0 Å². The first-order valence-corrected chi connectivity index (χ1v) is 7.85. The summed E-state index contributed by atoms with van der Waals surface area (Å²) in [6.45, 7) is 0. The van der Waals surface area contributed by atoms with E-state index in [0.29, 0.717) is 10.0 Å². The minimum atomic E-state index is 0.211. The van der Waals surface area contributed by atoms with Crippen LogP contribution >= 0.6 is 23.1 Å². The highest BCUT2D eigenvalue weighted by molar-refractivity contribution is 7.11. The molecule has 4 rings (SSSR count). The molecule has 3 aromatic carbocycles. The normalized spacial score (nSPS) is 11.3. The lowest BCUT2D eigenvalue weighted by atomic mass is 9.97. The third-order valence-corrected chi connectivity index (χ3v) is 4.75. The lowest BCUT2D eigenvalue weighted by molar-refractivity contribution is 0.476. The van der Waals surface area contributed by atoms with Gasteiger partial charge in [-0.15, -0.1) is 0 Å². The van der Waals surface area contributed by atoms with Gasteiger partial charge in [-0.2, -0.15) is 4.37 Å². The number of benzene rings is 3. The molecule has 22 heavy (non-hydrogen) atoms. The Hall–Kier alpha value is -2.30. The third kappa shape index (κ3) is 2.00. The quantitative estimate of drug-likeness (QED) is 0.514. The Morgan fingerprint density at radius 1 is 1.00 bits per heavy atom. The molecule has 0 unspecified atom stereocenters. The first-order chi connectivity index (χ1) is 10.6. The fourth-order valence-electron chi connectivity index (χ4n) is 2.71. The predicted octanol–water partition coefficient (Wildman–Crippen LogP) is 5.06. The van der Waals surface area contributed by atoms with E-state index >= 15 is 0 Å². The zero-order valence-corrected chi connectivity index (χ0v) is 12.9. The minimum absolute atomic E-state index is 0.211. The number of nitrogen functional groups attached to an aromatic ring is 1. The summed E-state index contributed by atoms with van der Waals surface area (Å²) in [6, 6.07) is 15.1. The Labute approximate surface area is 135 Å². The number of phenolic OH excluding ortho intramolecular Hbond substituents is 1. The number of hydrogen-bond donors (Lipinski definition) is 2. The highest BCUT2D eigenvalue weighted by atomic mass is 35.5. The van der Waals surface area contributed by atoms with Crippen LogP contribution in [0.5, 0.6) is 5.75 Å². The molecule has 108 valence electrons. The van der Waals surface area contributed by atoms with Crippen LogP contribution in [0.15, 0.2) is 48.5 Å². The number of aromatic hydroxyl groups is 1. The van der Waals surface area contributed by atoms with Crippen LogP contribution in [0.2, 0.25) is 5.02 Å². The predicted molar refractivity (Wildman–Crippen MR) is 93.6 cm³/mol. The topological polar surface area (TPSA) is 59.1 Å². The van der Waals surface area contributed by atoms with E-state index in [-0.39, 0.29) is 5.75 Å². The first kappa shape index (κ1) is 13.4. The van der Waals surface area contributed by atoms with Crippen LogP contribution in [0, 0.1) is 0 Å². The van der Waals surface area contributed by atoms with Crippen molar-refractivity contribution in [2.24, 2.45) is 0 Å². The van der Waals surface area contributed by atoms with Crippen molar-refractivity contribution in [2.75, 3.05) is 5.73 Å². The summed E-state index contributed by atoms with van der Waals surface area (Å²) < 4.78 is 4.34. The summed E-state index contributed by atoms with van der Waals surface area (Å²) in [7, 11) is 0. The molecule has 0 aliphatic carbocycles. The summed E-state index contributed by atoms with van der Waals surface area (Å²) in [5.74, 6) is 0.211. The van der Waals surface area contributed by atoms with E-state index in [0.717, 1.165) is 32.8 Å². The number of phenols is 1. The summed E-state index contributed by atoms with van der Waals surface area (Å²) in [5.41, 5.74) is 8.44. The van der Waals surface area contributed by atoms with E-state index in [2.05, 4.69) is 4.37 Å². The highest BCUT2D eigenvalue weighted by Crippen LogP contribution is 2.39. The number of halogens is 1. The van der Waals surface area contributed by atoms with Gasteiger partial charge in [-0.3, -0.25) is 0 Å². The molecule has 0 saturated heterocycles. The van der Waals surface area contributed by atoms with Crippen molar-refractivity contribution >= 4 is 49.8 Å². The molecule has 0 radical (unpaired) electrons. The van der Waals surface area contributed by atoms with E-state index in [1.54, 1.807) is 12.1 Å². The largest absolute Gasteiger partial charge is 0.508 e. The van der Waals surface area contributed by atoms with Gasteiger partial charge < -0.3 is 10.8 Å². The molecule has 1 aromatic heterocycles. The first-order valence-electron chi connectivity index (χ1n) is 6.70. The van der Waals surface area contributed by atoms with Gasteiger partial charge in [-0.05, 0) is 52.1 Å². The molecule has 0 fully saturated rings. The maximum absolute atomic E-state index is 10.0. The van der Waals surface area contributed by atoms with Gasteiger partial charge >= 0.3 is 0 Å². The van der Waals surface area contributed by atoms with Crippen LogP contribution in [-0.2, 0) is 0 Å². The van der Waals surface area contributed by atoms with Gasteiger partial charge in [0.15, 0.2) is 0 Å². The second-order valence-electron chi connectivity index (χ2n) is 5.11. The van der Waals surface area contributed by atoms with Crippen LogP contribution < -0.4 is 5.73 Å². The van der Waals surface area contributed by atoms with Crippen molar-refractivity contribution in [1.82, 2.24) is 4.37 Å². The molecule has 0 atom stereocenters. The van der Waals surface area contributed by atoms with Crippen LogP contribution in [0.3, 0.4) is 0 Å². The van der Waals surface area contributed by atoms with Crippen LogP contribution in [0.4, 0.5) is 5.00 Å². The maximum Gasteiger partial charge on any atom is 0.116 e. The number of anilines is 1. The third-order valence-electron chi connectivity index (χ3n) is 3.73. The summed E-state index contributed by atoms with van der Waals surface area (Å²) >= 11 is 7.72. The zero-order chi connectivity index (χ0) is 15.3. The molecule has 0 spiro atoms. The van der Waals surface area contributed by atoms with Crippen LogP contribution in [0.25, 0.3) is 32.8 Å². The van der Waals surface area contributed by atoms with E-state index in [1.165, 1.54) is 11.5 Å². The van der Waals surface area contributed by atoms with Crippen molar-refractivity contribution in [1.29, 1.82) is 0 Å². The van der Waals surface area contributed by atoms with Gasteiger partial charge in [0.05, 0.1) is 5.52 Å². The SMILES string of the molecule is Nc1snc2cc(-c3cc(O)cc4ccccc34)c(Cl)cc12. The molecule has 0 bridgehead atoms. The van der Waals surface area contributed by atoms with Gasteiger partial charge in [0.1, 0.15) is 10.8 Å². The van der Waals surface area contributed by atoms with Gasteiger partial charge in [-0.25, -0.2) is 0 Å². The van der Waals surface area contributed by atoms with Crippen LogP contribution in [0.1, 0.15) is 0 Å². The fraction of sp³-hybridized carbons (Fsp3) is 0. The smallest absolute Gasteiger partial charge is 0.116 e. The molecule has 0 amide bonds. The average molecular weight is 327 g/mol. The minimum Gasteiger partial charge on any atom is -0.508 e. The molecular weight excluding hydrogens is 316 g/mol. The molecule has 0 saturated carbocycles. The molecule has 5 heteroatoms. The molecule has 0 aliphatic heterocycles. The van der Waals surface area contributed by atoms with Crippen molar-refractivity contribution in [3.05, 3.63) is 53.6 Å². The second-order valence-corrected chi connectivity index (χ2v) is 6.32. The monoisotopic (exact) mass is 326 g/mol. The molecule has 1 heterocycles. The Morgan fingerprint density at radius 2 is 1.82 bits per heavy atom. The molecule has 3 N–H and O–H groups in total. The molecule has 3 nitrogen and oxygen atoms in total. The molecule has 0 aliphatic rings. The van der Waals surface area contributed by atoms with Crippen molar-refractivity contribution in [3.8, 4) is 16.9 Å². The summed E-state index contributed by atoms with van der Waals surface area (Å²) in [6.07, 6.45) is 0. The molecular formula is C17H11ClN2OS. The fourth-order valence-corrected chi connectivity index (χ4v) is 3.58. The lowest BCUT2D eigenvalue weighted by Gasteiger charge is -2.10.